The summed E-state index contributed by atoms with van der Waals surface area (Å²) in [4.78, 5) is 2.17. The van der Waals surface area contributed by atoms with Crippen LogP contribution in [0.5, 0.6) is 0 Å². The van der Waals surface area contributed by atoms with Gasteiger partial charge in [-0.2, -0.15) is 0 Å². The lowest BCUT2D eigenvalue weighted by Gasteiger charge is -2.40. The summed E-state index contributed by atoms with van der Waals surface area (Å²) in [5.74, 6) is 5.43. The highest BCUT2D eigenvalue weighted by molar-refractivity contribution is 5.02. The molecular formula is C9H21N3. The van der Waals surface area contributed by atoms with Gasteiger partial charge in [0.05, 0.1) is 6.04 Å². The van der Waals surface area contributed by atoms with Crippen LogP contribution in [0.3, 0.4) is 0 Å². The minimum atomic E-state index is 0.0382. The minimum absolute atomic E-state index is 0.0382. The van der Waals surface area contributed by atoms with Gasteiger partial charge < -0.3 is 4.90 Å². The Balaban J connectivity index is 4.58. The van der Waals surface area contributed by atoms with Crippen LogP contribution in [0, 0.1) is 0 Å². The van der Waals surface area contributed by atoms with E-state index in [4.69, 9.17) is 5.84 Å². The molecule has 0 spiro atoms. The van der Waals surface area contributed by atoms with Gasteiger partial charge in [-0.15, -0.1) is 6.58 Å². The molecule has 0 aliphatic heterocycles. The van der Waals surface area contributed by atoms with Crippen LogP contribution in [0.1, 0.15) is 20.3 Å². The average Bonchev–Trinajstić information content (AvgIpc) is 2.05. The predicted octanol–water partition coefficient (Wildman–Crippen LogP) is 0.735. The number of nitrogens with two attached hydrogens (primary N) is 1. The second kappa shape index (κ2) is 4.60. The van der Waals surface area contributed by atoms with Gasteiger partial charge in [0.1, 0.15) is 0 Å². The summed E-state index contributed by atoms with van der Waals surface area (Å²) in [6.45, 7) is 8.07. The quantitative estimate of drug-likeness (QED) is 0.364. The van der Waals surface area contributed by atoms with E-state index in [1.54, 1.807) is 0 Å². The molecule has 0 aliphatic rings. The molecule has 0 aliphatic carbocycles. The fraction of sp³-hybridized carbons (Fsp3) is 0.778. The highest BCUT2D eigenvalue weighted by Gasteiger charge is 2.31. The maximum Gasteiger partial charge on any atom is 0.0569 e. The zero-order valence-corrected chi connectivity index (χ0v) is 8.59. The number of nitrogens with one attached hydrogen (secondary N) is 1. The molecule has 3 heteroatoms. The summed E-state index contributed by atoms with van der Waals surface area (Å²) in [5, 5.41) is 0. The second-order valence-corrected chi connectivity index (χ2v) is 3.49. The summed E-state index contributed by atoms with van der Waals surface area (Å²) in [6, 6.07) is 0.123. The third-order valence-corrected chi connectivity index (χ3v) is 2.82. The van der Waals surface area contributed by atoms with Crippen LogP contribution >= 0.6 is 0 Å². The first kappa shape index (κ1) is 11.6. The van der Waals surface area contributed by atoms with Crippen molar-refractivity contribution in [3.05, 3.63) is 12.7 Å². The first-order valence-corrected chi connectivity index (χ1v) is 4.29. The Morgan fingerprint density at radius 1 is 1.67 bits per heavy atom. The van der Waals surface area contributed by atoms with Gasteiger partial charge in [-0.25, -0.2) is 0 Å². The van der Waals surface area contributed by atoms with E-state index < -0.39 is 0 Å². The van der Waals surface area contributed by atoms with Crippen molar-refractivity contribution in [1.82, 2.24) is 10.3 Å². The zero-order chi connectivity index (χ0) is 9.78. The average molecular weight is 171 g/mol. The summed E-state index contributed by atoms with van der Waals surface area (Å²) in [6.07, 6.45) is 2.88. The highest BCUT2D eigenvalue weighted by Crippen LogP contribution is 2.20. The molecule has 72 valence electrons. The van der Waals surface area contributed by atoms with Crippen molar-refractivity contribution < 1.29 is 0 Å². The number of hydrazine groups is 1. The van der Waals surface area contributed by atoms with Gasteiger partial charge in [-0.3, -0.25) is 11.3 Å². The van der Waals surface area contributed by atoms with E-state index in [9.17, 15) is 0 Å². The van der Waals surface area contributed by atoms with Gasteiger partial charge in [0, 0.05) is 5.54 Å². The summed E-state index contributed by atoms with van der Waals surface area (Å²) in [5.41, 5.74) is 2.80. The first-order chi connectivity index (χ1) is 5.52. The van der Waals surface area contributed by atoms with Gasteiger partial charge in [0.25, 0.3) is 0 Å². The number of rotatable bonds is 5. The van der Waals surface area contributed by atoms with E-state index in [1.165, 1.54) is 0 Å². The third-order valence-electron chi connectivity index (χ3n) is 2.82. The monoisotopic (exact) mass is 171 g/mol. The normalized spacial score (nSPS) is 18.8. The molecular weight excluding hydrogens is 150 g/mol. The molecule has 0 fully saturated rings. The largest absolute Gasteiger partial charge is 0.302 e. The molecule has 0 saturated heterocycles. The smallest absolute Gasteiger partial charge is 0.0569 e. The Kier molecular flexibility index (Phi) is 4.45. The van der Waals surface area contributed by atoms with Gasteiger partial charge in [-0.1, -0.05) is 13.0 Å². The molecule has 0 bridgehead atoms. The van der Waals surface area contributed by atoms with E-state index >= 15 is 0 Å². The van der Waals surface area contributed by atoms with Crippen LogP contribution in [0.15, 0.2) is 12.7 Å². The Bertz CT molecular complexity index is 145. The van der Waals surface area contributed by atoms with Crippen molar-refractivity contribution in [2.24, 2.45) is 5.84 Å². The minimum Gasteiger partial charge on any atom is -0.302 e. The van der Waals surface area contributed by atoms with Crippen molar-refractivity contribution in [3.63, 3.8) is 0 Å². The Morgan fingerprint density at radius 2 is 2.17 bits per heavy atom. The van der Waals surface area contributed by atoms with Crippen molar-refractivity contribution in [2.45, 2.75) is 31.8 Å². The molecule has 0 heterocycles. The van der Waals surface area contributed by atoms with Crippen molar-refractivity contribution >= 4 is 0 Å². The maximum absolute atomic E-state index is 5.43. The van der Waals surface area contributed by atoms with Crippen LogP contribution in [0.25, 0.3) is 0 Å². The molecule has 0 rings (SSSR count). The van der Waals surface area contributed by atoms with Gasteiger partial charge >= 0.3 is 0 Å². The number of nitrogens with zero attached hydrogens (tertiary/aromatic N) is 1. The Morgan fingerprint density at radius 3 is 2.25 bits per heavy atom. The van der Waals surface area contributed by atoms with E-state index in [0.717, 1.165) is 6.42 Å². The number of hydrogen-bond acceptors (Lipinski definition) is 3. The highest BCUT2D eigenvalue weighted by atomic mass is 15.3. The molecule has 2 atom stereocenters. The lowest BCUT2D eigenvalue weighted by Crippen LogP contribution is -2.57. The van der Waals surface area contributed by atoms with E-state index in [1.807, 2.05) is 6.08 Å². The molecule has 3 N–H and O–H groups in total. The van der Waals surface area contributed by atoms with E-state index in [2.05, 4.69) is 44.8 Å². The molecule has 0 aromatic carbocycles. The molecule has 0 saturated carbocycles. The van der Waals surface area contributed by atoms with Crippen molar-refractivity contribution in [2.75, 3.05) is 14.1 Å². The van der Waals surface area contributed by atoms with Crippen LogP contribution < -0.4 is 11.3 Å². The third kappa shape index (κ3) is 2.06. The topological polar surface area (TPSA) is 41.3 Å². The SMILES string of the molecule is C=CC(NN)C(C)(CC)N(C)C. The van der Waals surface area contributed by atoms with Crippen LogP contribution in [-0.2, 0) is 0 Å². The van der Waals surface area contributed by atoms with Gasteiger partial charge in [0.2, 0.25) is 0 Å². The Labute approximate surface area is 75.6 Å². The van der Waals surface area contributed by atoms with Gasteiger partial charge in [-0.05, 0) is 27.4 Å². The number of hydrogen-bond donors (Lipinski definition) is 2. The molecule has 3 nitrogen and oxygen atoms in total. The maximum atomic E-state index is 5.43. The molecule has 0 aromatic rings. The lowest BCUT2D eigenvalue weighted by atomic mass is 9.88. The van der Waals surface area contributed by atoms with Crippen molar-refractivity contribution in [3.8, 4) is 0 Å². The standard InChI is InChI=1S/C9H21N3/c1-6-8(11-10)9(3,7-2)12(4)5/h6,8,11H,1,7,10H2,2-5H3. The second-order valence-electron chi connectivity index (χ2n) is 3.49. The fourth-order valence-electron chi connectivity index (χ4n) is 1.32. The summed E-state index contributed by atoms with van der Waals surface area (Å²) < 4.78 is 0. The van der Waals surface area contributed by atoms with Crippen LogP contribution in [0.2, 0.25) is 0 Å². The van der Waals surface area contributed by atoms with E-state index in [0.29, 0.717) is 0 Å². The molecule has 0 amide bonds. The van der Waals surface area contributed by atoms with Crippen LogP contribution in [0.4, 0.5) is 0 Å². The Hall–Kier alpha value is -0.380. The lowest BCUT2D eigenvalue weighted by molar-refractivity contribution is 0.133. The molecule has 0 aromatic heterocycles. The summed E-state index contributed by atoms with van der Waals surface area (Å²) in [7, 11) is 4.11. The van der Waals surface area contributed by atoms with Gasteiger partial charge in [0.15, 0.2) is 0 Å². The summed E-state index contributed by atoms with van der Waals surface area (Å²) >= 11 is 0. The number of likely N-dealkylation sites (N-methyl/N-ethyl adjacent to an activating group) is 1. The van der Waals surface area contributed by atoms with Crippen molar-refractivity contribution in [1.29, 1.82) is 0 Å². The zero-order valence-electron chi connectivity index (χ0n) is 8.59. The molecule has 0 radical (unpaired) electrons. The van der Waals surface area contributed by atoms with E-state index in [-0.39, 0.29) is 11.6 Å². The first-order valence-electron chi connectivity index (χ1n) is 4.29. The van der Waals surface area contributed by atoms with Crippen LogP contribution in [-0.4, -0.2) is 30.6 Å². The predicted molar refractivity (Wildman–Crippen MR) is 53.7 cm³/mol. The molecule has 2 unspecified atom stereocenters. The molecule has 12 heavy (non-hydrogen) atoms. The fourth-order valence-corrected chi connectivity index (χ4v) is 1.32.